The quantitative estimate of drug-likeness (QED) is 0.194. The number of anilines is 3. The van der Waals surface area contributed by atoms with Crippen LogP contribution in [0, 0.1) is 0 Å². The van der Waals surface area contributed by atoms with E-state index in [0.29, 0.717) is 0 Å². The minimum absolute atomic E-state index is 0.889. The molecule has 0 saturated heterocycles. The SMILES string of the molecule is c1ccc(N(c2ccc3oc4ccccc4c3c2)c2cc3c4c5c6c(cccc6ccc5n(-c5ccccc5)c4c2)-c2ccccc2-3)cc1. The molecule has 1 aliphatic rings. The predicted molar refractivity (Wildman–Crippen MR) is 205 cm³/mol. The van der Waals surface area contributed by atoms with Crippen LogP contribution in [0.1, 0.15) is 0 Å². The summed E-state index contributed by atoms with van der Waals surface area (Å²) < 4.78 is 8.71. The molecule has 1 aliphatic carbocycles. The fourth-order valence-corrected chi connectivity index (χ4v) is 8.24. The molecule has 2 aromatic heterocycles. The van der Waals surface area contributed by atoms with E-state index in [9.17, 15) is 0 Å². The van der Waals surface area contributed by atoms with Gasteiger partial charge in [-0.25, -0.2) is 0 Å². The largest absolute Gasteiger partial charge is 0.456 e. The predicted octanol–water partition coefficient (Wildman–Crippen LogP) is 13.0. The molecular formula is C46H28N2O. The summed E-state index contributed by atoms with van der Waals surface area (Å²) >= 11 is 0. The van der Waals surface area contributed by atoms with Crippen LogP contribution in [-0.2, 0) is 0 Å². The van der Waals surface area contributed by atoms with Gasteiger partial charge in [-0.15, -0.1) is 0 Å². The van der Waals surface area contributed by atoms with Crippen molar-refractivity contribution in [3.63, 3.8) is 0 Å². The van der Waals surface area contributed by atoms with Crippen molar-refractivity contribution in [1.29, 1.82) is 0 Å². The molecule has 2 heterocycles. The van der Waals surface area contributed by atoms with Crippen LogP contribution in [0.2, 0.25) is 0 Å². The number of nitrogens with zero attached hydrogens (tertiary/aromatic N) is 2. The summed E-state index contributed by atoms with van der Waals surface area (Å²) in [5.74, 6) is 0. The lowest BCUT2D eigenvalue weighted by molar-refractivity contribution is 0.669. The smallest absolute Gasteiger partial charge is 0.135 e. The van der Waals surface area contributed by atoms with E-state index in [-0.39, 0.29) is 0 Å². The first kappa shape index (κ1) is 26.5. The highest BCUT2D eigenvalue weighted by Gasteiger charge is 2.27. The molecule has 0 N–H and O–H groups in total. The average Bonchev–Trinajstić information content (AvgIpc) is 3.67. The minimum atomic E-state index is 0.889. The molecule has 0 aliphatic heterocycles. The number of furan rings is 1. The number of aromatic nitrogens is 1. The highest BCUT2D eigenvalue weighted by atomic mass is 16.3. The highest BCUT2D eigenvalue weighted by Crippen LogP contribution is 2.52. The number of para-hydroxylation sites is 3. The molecule has 0 atom stereocenters. The third kappa shape index (κ3) is 3.73. The molecule has 0 unspecified atom stereocenters. The Kier molecular flexibility index (Phi) is 5.38. The summed E-state index contributed by atoms with van der Waals surface area (Å²) in [4.78, 5) is 2.39. The lowest BCUT2D eigenvalue weighted by Crippen LogP contribution is -2.10. The summed E-state index contributed by atoms with van der Waals surface area (Å²) in [6.07, 6.45) is 0. The zero-order valence-corrected chi connectivity index (χ0v) is 26.5. The maximum Gasteiger partial charge on any atom is 0.135 e. The summed E-state index contributed by atoms with van der Waals surface area (Å²) in [5.41, 5.74) is 13.6. The zero-order chi connectivity index (χ0) is 32.1. The van der Waals surface area contributed by atoms with Crippen molar-refractivity contribution in [2.45, 2.75) is 0 Å². The van der Waals surface area contributed by atoms with E-state index in [4.69, 9.17) is 4.42 Å². The van der Waals surface area contributed by atoms with E-state index >= 15 is 0 Å². The van der Waals surface area contributed by atoms with Crippen LogP contribution < -0.4 is 4.90 Å². The van der Waals surface area contributed by atoms with Gasteiger partial charge in [-0.2, -0.15) is 0 Å². The van der Waals surface area contributed by atoms with Crippen molar-refractivity contribution in [3.8, 4) is 27.9 Å². The molecule has 0 amide bonds. The number of rotatable bonds is 4. The normalized spacial score (nSPS) is 12.1. The third-order valence-corrected chi connectivity index (χ3v) is 10.3. The molecule has 0 radical (unpaired) electrons. The van der Waals surface area contributed by atoms with E-state index in [0.717, 1.165) is 44.7 Å². The van der Waals surface area contributed by atoms with Gasteiger partial charge < -0.3 is 13.9 Å². The Morgan fingerprint density at radius 1 is 0.388 bits per heavy atom. The van der Waals surface area contributed by atoms with Crippen molar-refractivity contribution in [2.75, 3.05) is 4.90 Å². The zero-order valence-electron chi connectivity index (χ0n) is 26.5. The van der Waals surface area contributed by atoms with Gasteiger partial charge in [0.25, 0.3) is 0 Å². The second-order valence-electron chi connectivity index (χ2n) is 12.9. The van der Waals surface area contributed by atoms with Gasteiger partial charge in [-0.3, -0.25) is 0 Å². The van der Waals surface area contributed by atoms with Gasteiger partial charge in [0, 0.05) is 44.3 Å². The molecule has 0 saturated carbocycles. The molecule has 0 fully saturated rings. The second-order valence-corrected chi connectivity index (χ2v) is 12.9. The summed E-state index contributed by atoms with van der Waals surface area (Å²) in [6, 6.07) is 61.4. The third-order valence-electron chi connectivity index (χ3n) is 10.3. The molecule has 3 nitrogen and oxygen atoms in total. The van der Waals surface area contributed by atoms with Crippen molar-refractivity contribution in [3.05, 3.63) is 170 Å². The monoisotopic (exact) mass is 624 g/mol. The van der Waals surface area contributed by atoms with Gasteiger partial charge >= 0.3 is 0 Å². The minimum Gasteiger partial charge on any atom is -0.456 e. The Hall–Kier alpha value is -6.58. The van der Waals surface area contributed by atoms with Crippen LogP contribution >= 0.6 is 0 Å². The lowest BCUT2D eigenvalue weighted by atomic mass is 9.93. The van der Waals surface area contributed by atoms with Gasteiger partial charge in [-0.05, 0) is 99.8 Å². The Bertz CT molecular complexity index is 2930. The molecule has 0 spiro atoms. The van der Waals surface area contributed by atoms with Gasteiger partial charge in [0.05, 0.1) is 11.0 Å². The summed E-state index contributed by atoms with van der Waals surface area (Å²) in [5, 5.41) is 7.40. The average molecular weight is 625 g/mol. The molecule has 10 aromatic rings. The molecule has 228 valence electrons. The summed E-state index contributed by atoms with van der Waals surface area (Å²) in [6.45, 7) is 0. The first-order valence-electron chi connectivity index (χ1n) is 16.8. The Balaban J connectivity index is 1.30. The maximum absolute atomic E-state index is 6.25. The van der Waals surface area contributed by atoms with E-state index in [1.807, 2.05) is 12.1 Å². The van der Waals surface area contributed by atoms with Gasteiger partial charge in [0.1, 0.15) is 11.2 Å². The second kappa shape index (κ2) is 9.96. The molecule has 0 bridgehead atoms. The Labute approximate surface area is 282 Å². The van der Waals surface area contributed by atoms with Crippen LogP contribution in [0.25, 0.3) is 82.5 Å². The number of hydrogen-bond acceptors (Lipinski definition) is 2. The van der Waals surface area contributed by atoms with E-state index in [2.05, 4.69) is 167 Å². The van der Waals surface area contributed by atoms with Crippen molar-refractivity contribution < 1.29 is 4.42 Å². The fourth-order valence-electron chi connectivity index (χ4n) is 8.24. The Morgan fingerprint density at radius 3 is 1.96 bits per heavy atom. The molecule has 11 rings (SSSR count). The standard InChI is InChI=1S/C46H28N2O/c1-3-13-30(14-4-1)47(32-23-25-43-38(26-32)36-19-9-10-21-42(36)49-43)33-27-39-35-18-8-7-17-34(35)37-20-11-12-29-22-24-40-46(44(29)37)45(39)41(28-33)48(40)31-15-5-2-6-16-31/h1-28H. The number of benzene rings is 8. The maximum atomic E-state index is 6.25. The first-order chi connectivity index (χ1) is 24.3. The Morgan fingerprint density at radius 2 is 1.10 bits per heavy atom. The summed E-state index contributed by atoms with van der Waals surface area (Å²) in [7, 11) is 0. The van der Waals surface area contributed by atoms with Crippen LogP contribution in [0.15, 0.2) is 174 Å². The fraction of sp³-hybridized carbons (Fsp3) is 0. The molecular weight excluding hydrogens is 597 g/mol. The van der Waals surface area contributed by atoms with Crippen molar-refractivity contribution in [2.24, 2.45) is 0 Å². The molecule has 49 heavy (non-hydrogen) atoms. The highest BCUT2D eigenvalue weighted by molar-refractivity contribution is 6.31. The van der Waals surface area contributed by atoms with E-state index in [1.165, 1.54) is 54.8 Å². The van der Waals surface area contributed by atoms with Crippen LogP contribution in [-0.4, -0.2) is 4.57 Å². The van der Waals surface area contributed by atoms with E-state index < -0.39 is 0 Å². The number of hydrogen-bond donors (Lipinski definition) is 0. The van der Waals surface area contributed by atoms with Crippen LogP contribution in [0.4, 0.5) is 17.1 Å². The van der Waals surface area contributed by atoms with Crippen LogP contribution in [0.5, 0.6) is 0 Å². The number of fused-ring (bicyclic) bond motifs is 6. The first-order valence-corrected chi connectivity index (χ1v) is 16.8. The van der Waals surface area contributed by atoms with Crippen molar-refractivity contribution in [1.82, 2.24) is 4.57 Å². The van der Waals surface area contributed by atoms with E-state index in [1.54, 1.807) is 0 Å². The van der Waals surface area contributed by atoms with Crippen LogP contribution in [0.3, 0.4) is 0 Å². The van der Waals surface area contributed by atoms with Gasteiger partial charge in [0.15, 0.2) is 0 Å². The lowest BCUT2D eigenvalue weighted by Gasteiger charge is -2.27. The van der Waals surface area contributed by atoms with Crippen molar-refractivity contribution >= 4 is 71.6 Å². The van der Waals surface area contributed by atoms with Gasteiger partial charge in [-0.1, -0.05) is 103 Å². The van der Waals surface area contributed by atoms with Gasteiger partial charge in [0.2, 0.25) is 0 Å². The molecule has 8 aromatic carbocycles. The topological polar surface area (TPSA) is 21.3 Å². The molecule has 3 heteroatoms.